The Labute approximate surface area is 159 Å². The first-order valence-electron chi connectivity index (χ1n) is 7.97. The van der Waals surface area contributed by atoms with Crippen LogP contribution in [0.15, 0.2) is 47.3 Å². The molecule has 0 unspecified atom stereocenters. The van der Waals surface area contributed by atoms with Gasteiger partial charge in [0.15, 0.2) is 6.61 Å². The molecule has 1 heterocycles. The Morgan fingerprint density at radius 2 is 2.11 bits per heavy atom. The molecule has 0 spiro atoms. The van der Waals surface area contributed by atoms with Gasteiger partial charge in [-0.15, -0.1) is 0 Å². The van der Waals surface area contributed by atoms with Gasteiger partial charge in [-0.05, 0) is 24.3 Å². The number of carbonyl (C=O) groups excluding carboxylic acids is 1. The first kappa shape index (κ1) is 18.3. The number of pyridine rings is 1. The van der Waals surface area contributed by atoms with E-state index < -0.39 is 5.91 Å². The lowest BCUT2D eigenvalue weighted by atomic mass is 10.1. The normalized spacial score (nSPS) is 10.4. The van der Waals surface area contributed by atoms with E-state index in [0.717, 1.165) is 5.39 Å². The van der Waals surface area contributed by atoms with Crippen molar-refractivity contribution in [2.75, 3.05) is 11.9 Å². The summed E-state index contributed by atoms with van der Waals surface area (Å²) in [6, 6.07) is 13.9. The van der Waals surface area contributed by atoms with Crippen LogP contribution in [-0.2, 0) is 11.3 Å². The number of nitriles is 1. The third-order valence-corrected chi connectivity index (χ3v) is 4.18. The highest BCUT2D eigenvalue weighted by atomic mass is 35.5. The summed E-state index contributed by atoms with van der Waals surface area (Å²) < 4.78 is 5.26. The predicted molar refractivity (Wildman–Crippen MR) is 103 cm³/mol. The van der Waals surface area contributed by atoms with Crippen molar-refractivity contribution in [2.24, 2.45) is 5.73 Å². The Balaban J connectivity index is 1.82. The first-order chi connectivity index (χ1) is 13.0. The van der Waals surface area contributed by atoms with Crippen LogP contribution in [0.1, 0.15) is 11.1 Å². The van der Waals surface area contributed by atoms with Crippen LogP contribution in [-0.4, -0.2) is 17.5 Å². The number of halogens is 1. The Morgan fingerprint density at radius 1 is 1.30 bits per heavy atom. The molecule has 3 rings (SSSR count). The standard InChI is InChI=1S/C19H15ClN4O3/c20-15-3-1-2-11-6-13(19(26)24-18(11)15)9-23-14-5-4-12(8-21)16(7-14)27-10-17(22)25/h1-7,23H,9-10H2,(H2,22,25)(H,24,26). The van der Waals surface area contributed by atoms with E-state index in [1.54, 1.807) is 30.3 Å². The van der Waals surface area contributed by atoms with Crippen LogP contribution in [0, 0.1) is 11.3 Å². The summed E-state index contributed by atoms with van der Waals surface area (Å²) in [4.78, 5) is 25.9. The van der Waals surface area contributed by atoms with Gasteiger partial charge in [0, 0.05) is 29.2 Å². The van der Waals surface area contributed by atoms with Gasteiger partial charge >= 0.3 is 0 Å². The predicted octanol–water partition coefficient (Wildman–Crippen LogP) is 2.53. The van der Waals surface area contributed by atoms with Crippen LogP contribution in [0.3, 0.4) is 0 Å². The maximum Gasteiger partial charge on any atom is 0.255 e. The molecule has 0 atom stereocenters. The van der Waals surface area contributed by atoms with Crippen LogP contribution in [0.2, 0.25) is 5.02 Å². The molecule has 3 aromatic rings. The molecule has 1 aromatic heterocycles. The molecule has 2 aromatic carbocycles. The van der Waals surface area contributed by atoms with Crippen LogP contribution >= 0.6 is 11.6 Å². The number of primary amides is 1. The van der Waals surface area contributed by atoms with E-state index in [0.29, 0.717) is 21.8 Å². The second kappa shape index (κ2) is 7.81. The quantitative estimate of drug-likeness (QED) is 0.604. The summed E-state index contributed by atoms with van der Waals surface area (Å²) in [6.07, 6.45) is 0. The third-order valence-electron chi connectivity index (χ3n) is 3.86. The molecule has 27 heavy (non-hydrogen) atoms. The SMILES string of the molecule is N#Cc1ccc(NCc2cc3cccc(Cl)c3[nH]c2=O)cc1OCC(N)=O. The van der Waals surface area contributed by atoms with Crippen molar-refractivity contribution >= 4 is 34.1 Å². The average Bonchev–Trinajstić information content (AvgIpc) is 2.65. The number of carbonyl (C=O) groups is 1. The number of nitrogens with one attached hydrogen (secondary N) is 2. The molecular formula is C19H15ClN4O3. The van der Waals surface area contributed by atoms with Crippen molar-refractivity contribution in [1.29, 1.82) is 5.26 Å². The average molecular weight is 383 g/mol. The van der Waals surface area contributed by atoms with Gasteiger partial charge < -0.3 is 20.8 Å². The maximum atomic E-state index is 12.3. The molecule has 0 aliphatic heterocycles. The number of nitrogens with zero attached hydrogens (tertiary/aromatic N) is 1. The number of fused-ring (bicyclic) bond motifs is 1. The summed E-state index contributed by atoms with van der Waals surface area (Å²) >= 11 is 6.09. The molecule has 0 saturated carbocycles. The number of aromatic amines is 1. The maximum absolute atomic E-state index is 12.3. The fourth-order valence-corrected chi connectivity index (χ4v) is 2.79. The van der Waals surface area contributed by atoms with Crippen LogP contribution in [0.4, 0.5) is 5.69 Å². The number of amides is 1. The van der Waals surface area contributed by atoms with E-state index in [1.807, 2.05) is 18.2 Å². The monoisotopic (exact) mass is 382 g/mol. The molecule has 4 N–H and O–H groups in total. The number of benzene rings is 2. The molecule has 0 fully saturated rings. The van der Waals surface area contributed by atoms with Crippen molar-refractivity contribution in [2.45, 2.75) is 6.54 Å². The smallest absolute Gasteiger partial charge is 0.255 e. The van der Waals surface area contributed by atoms with Crippen molar-refractivity contribution in [3.05, 3.63) is 69.0 Å². The van der Waals surface area contributed by atoms with Gasteiger partial charge in [-0.1, -0.05) is 23.7 Å². The zero-order valence-corrected chi connectivity index (χ0v) is 14.8. The van der Waals surface area contributed by atoms with E-state index in [4.69, 9.17) is 27.3 Å². The minimum atomic E-state index is -0.640. The largest absolute Gasteiger partial charge is 0.482 e. The van der Waals surface area contributed by atoms with Gasteiger partial charge in [0.05, 0.1) is 16.1 Å². The van der Waals surface area contributed by atoms with E-state index in [-0.39, 0.29) is 30.0 Å². The van der Waals surface area contributed by atoms with E-state index >= 15 is 0 Å². The number of hydrogen-bond acceptors (Lipinski definition) is 5. The van der Waals surface area contributed by atoms with Gasteiger partial charge in [0.1, 0.15) is 11.8 Å². The van der Waals surface area contributed by atoms with E-state index in [2.05, 4.69) is 10.3 Å². The van der Waals surface area contributed by atoms with Crippen LogP contribution in [0.25, 0.3) is 10.9 Å². The van der Waals surface area contributed by atoms with Crippen LogP contribution in [0.5, 0.6) is 5.75 Å². The highest BCUT2D eigenvalue weighted by Gasteiger charge is 2.09. The number of aromatic nitrogens is 1. The van der Waals surface area contributed by atoms with Crippen molar-refractivity contribution < 1.29 is 9.53 Å². The molecule has 8 heteroatoms. The zero-order valence-electron chi connectivity index (χ0n) is 14.1. The molecule has 7 nitrogen and oxygen atoms in total. The topological polar surface area (TPSA) is 121 Å². The second-order valence-corrected chi connectivity index (χ2v) is 6.17. The summed E-state index contributed by atoms with van der Waals surface area (Å²) in [5.74, 6) is -0.404. The molecular weight excluding hydrogens is 368 g/mol. The number of hydrogen-bond donors (Lipinski definition) is 3. The van der Waals surface area contributed by atoms with Gasteiger partial charge in [0.25, 0.3) is 11.5 Å². The highest BCUT2D eigenvalue weighted by Crippen LogP contribution is 2.24. The second-order valence-electron chi connectivity index (χ2n) is 5.76. The number of H-pyrrole nitrogens is 1. The Hall–Kier alpha value is -3.50. The van der Waals surface area contributed by atoms with E-state index in [1.165, 1.54) is 0 Å². The van der Waals surface area contributed by atoms with Crippen molar-refractivity contribution in [3.63, 3.8) is 0 Å². The van der Waals surface area contributed by atoms with Gasteiger partial charge in [-0.25, -0.2) is 0 Å². The van der Waals surface area contributed by atoms with Crippen molar-refractivity contribution in [1.82, 2.24) is 4.98 Å². The molecule has 1 amide bonds. The number of nitrogens with two attached hydrogens (primary N) is 1. The zero-order chi connectivity index (χ0) is 19.4. The lowest BCUT2D eigenvalue weighted by molar-refractivity contribution is -0.119. The number of rotatable bonds is 6. The minimum absolute atomic E-state index is 0.237. The molecule has 0 radical (unpaired) electrons. The molecule has 0 bridgehead atoms. The highest BCUT2D eigenvalue weighted by molar-refractivity contribution is 6.35. The number of anilines is 1. The summed E-state index contributed by atoms with van der Waals surface area (Å²) in [5, 5.41) is 13.5. The van der Waals surface area contributed by atoms with Gasteiger partial charge in [-0.2, -0.15) is 5.26 Å². The van der Waals surface area contributed by atoms with Crippen LogP contribution < -0.4 is 21.3 Å². The summed E-state index contributed by atoms with van der Waals surface area (Å²) in [6.45, 7) is -0.0812. The minimum Gasteiger partial charge on any atom is -0.482 e. The summed E-state index contributed by atoms with van der Waals surface area (Å²) in [5.41, 5.74) is 6.83. The lowest BCUT2D eigenvalue weighted by Crippen LogP contribution is -2.20. The Bertz CT molecular complexity index is 1120. The van der Waals surface area contributed by atoms with Crippen molar-refractivity contribution in [3.8, 4) is 11.8 Å². The summed E-state index contributed by atoms with van der Waals surface area (Å²) in [7, 11) is 0. The van der Waals surface area contributed by atoms with Gasteiger partial charge in [0.2, 0.25) is 0 Å². The van der Waals surface area contributed by atoms with E-state index in [9.17, 15) is 9.59 Å². The molecule has 0 saturated heterocycles. The molecule has 0 aliphatic carbocycles. The first-order valence-corrected chi connectivity index (χ1v) is 8.35. The third kappa shape index (κ3) is 4.19. The number of para-hydroxylation sites is 1. The fraction of sp³-hybridized carbons (Fsp3) is 0.105. The Morgan fingerprint density at radius 3 is 2.85 bits per heavy atom. The van der Waals surface area contributed by atoms with Gasteiger partial charge in [-0.3, -0.25) is 9.59 Å². The Kier molecular flexibility index (Phi) is 5.29. The molecule has 136 valence electrons. The number of ether oxygens (including phenoxy) is 1. The lowest BCUT2D eigenvalue weighted by Gasteiger charge is -2.11. The fourth-order valence-electron chi connectivity index (χ4n) is 2.56. The molecule has 0 aliphatic rings.